The second kappa shape index (κ2) is 8.57. The van der Waals surface area contributed by atoms with Gasteiger partial charge in [0.05, 0.1) is 11.1 Å². The third kappa shape index (κ3) is 4.14. The molecule has 1 N–H and O–H groups in total. The van der Waals surface area contributed by atoms with E-state index in [9.17, 15) is 9.59 Å². The molecule has 1 amide bonds. The molecular formula is C19H27N3O2S2. The molecule has 2 aromatic rings. The minimum atomic E-state index is 0.00187. The summed E-state index contributed by atoms with van der Waals surface area (Å²) in [6.07, 6.45) is 7.70. The molecule has 142 valence electrons. The molecule has 0 aliphatic heterocycles. The van der Waals surface area contributed by atoms with Crippen LogP contribution in [0.5, 0.6) is 0 Å². The number of amides is 1. The van der Waals surface area contributed by atoms with Gasteiger partial charge in [-0.05, 0) is 38.2 Å². The molecule has 2 aromatic heterocycles. The highest BCUT2D eigenvalue weighted by molar-refractivity contribution is 7.99. The van der Waals surface area contributed by atoms with Crippen molar-refractivity contribution in [2.24, 2.45) is 7.05 Å². The monoisotopic (exact) mass is 393 g/mol. The molecule has 0 radical (unpaired) electrons. The van der Waals surface area contributed by atoms with Gasteiger partial charge in [-0.25, -0.2) is 4.98 Å². The Morgan fingerprint density at radius 2 is 2.19 bits per heavy atom. The van der Waals surface area contributed by atoms with Crippen LogP contribution >= 0.6 is 23.1 Å². The van der Waals surface area contributed by atoms with Crippen LogP contribution in [0.1, 0.15) is 56.4 Å². The van der Waals surface area contributed by atoms with E-state index in [0.717, 1.165) is 42.3 Å². The van der Waals surface area contributed by atoms with Crippen molar-refractivity contribution in [2.45, 2.75) is 70.0 Å². The predicted octanol–water partition coefficient (Wildman–Crippen LogP) is 3.66. The summed E-state index contributed by atoms with van der Waals surface area (Å²) in [5, 5.41) is 4.46. The summed E-state index contributed by atoms with van der Waals surface area (Å²) in [6.45, 7) is 4.22. The third-order valence-corrected chi connectivity index (χ3v) is 7.10. The fraction of sp³-hybridized carbons (Fsp3) is 0.632. The van der Waals surface area contributed by atoms with Gasteiger partial charge in [-0.3, -0.25) is 14.2 Å². The van der Waals surface area contributed by atoms with Gasteiger partial charge in [0.2, 0.25) is 5.91 Å². The Kier molecular flexibility index (Phi) is 6.40. The molecule has 0 aromatic carbocycles. The van der Waals surface area contributed by atoms with Gasteiger partial charge < -0.3 is 5.32 Å². The van der Waals surface area contributed by atoms with Crippen LogP contribution in [0.2, 0.25) is 0 Å². The van der Waals surface area contributed by atoms with Crippen molar-refractivity contribution in [2.75, 3.05) is 5.75 Å². The van der Waals surface area contributed by atoms with Gasteiger partial charge in [-0.15, -0.1) is 11.3 Å². The van der Waals surface area contributed by atoms with E-state index < -0.39 is 0 Å². The normalized spacial score (nSPS) is 14.6. The number of thiophene rings is 1. The smallest absolute Gasteiger partial charge is 0.262 e. The molecule has 0 bridgehead atoms. The molecule has 26 heavy (non-hydrogen) atoms. The van der Waals surface area contributed by atoms with E-state index in [4.69, 9.17) is 0 Å². The summed E-state index contributed by atoms with van der Waals surface area (Å²) >= 11 is 2.98. The average Bonchev–Trinajstić information content (AvgIpc) is 3.17. The average molecular weight is 394 g/mol. The van der Waals surface area contributed by atoms with E-state index in [1.165, 1.54) is 35.0 Å². The van der Waals surface area contributed by atoms with E-state index in [1.54, 1.807) is 23.0 Å². The van der Waals surface area contributed by atoms with Crippen molar-refractivity contribution in [1.29, 1.82) is 0 Å². The number of aryl methyl sites for hydroxylation is 2. The molecule has 0 saturated carbocycles. The van der Waals surface area contributed by atoms with Crippen LogP contribution in [-0.2, 0) is 24.7 Å². The van der Waals surface area contributed by atoms with Crippen molar-refractivity contribution in [3.63, 3.8) is 0 Å². The zero-order valence-corrected chi connectivity index (χ0v) is 17.4. The van der Waals surface area contributed by atoms with Crippen molar-refractivity contribution in [3.8, 4) is 0 Å². The highest BCUT2D eigenvalue weighted by Crippen LogP contribution is 2.35. The first-order chi connectivity index (χ1) is 12.5. The molecule has 0 unspecified atom stereocenters. The molecule has 0 saturated heterocycles. The summed E-state index contributed by atoms with van der Waals surface area (Å²) < 4.78 is 1.59. The molecule has 3 rings (SSSR count). The number of fused-ring (bicyclic) bond motifs is 3. The fourth-order valence-corrected chi connectivity index (χ4v) is 5.54. The Balaban J connectivity index is 1.65. The zero-order chi connectivity index (χ0) is 18.7. The van der Waals surface area contributed by atoms with Gasteiger partial charge in [0.1, 0.15) is 4.83 Å². The molecule has 1 atom stereocenters. The van der Waals surface area contributed by atoms with E-state index >= 15 is 0 Å². The maximum Gasteiger partial charge on any atom is 0.262 e. The molecule has 2 heterocycles. The molecule has 1 aliphatic carbocycles. The number of unbranched alkanes of at least 4 members (excludes halogenated alkanes) is 2. The van der Waals surface area contributed by atoms with Crippen molar-refractivity contribution < 1.29 is 4.79 Å². The lowest BCUT2D eigenvalue weighted by Gasteiger charge is -2.13. The summed E-state index contributed by atoms with van der Waals surface area (Å²) in [6, 6.07) is 0.189. The predicted molar refractivity (Wildman–Crippen MR) is 109 cm³/mol. The number of hydrogen-bond acceptors (Lipinski definition) is 5. The zero-order valence-electron chi connectivity index (χ0n) is 15.8. The Morgan fingerprint density at radius 3 is 2.96 bits per heavy atom. The summed E-state index contributed by atoms with van der Waals surface area (Å²) in [5.74, 6) is 0.289. The number of thioether (sulfide) groups is 1. The molecule has 7 heteroatoms. The number of nitrogens with zero attached hydrogens (tertiary/aromatic N) is 2. The van der Waals surface area contributed by atoms with Crippen molar-refractivity contribution >= 4 is 39.2 Å². The minimum Gasteiger partial charge on any atom is -0.353 e. The van der Waals surface area contributed by atoms with E-state index in [-0.39, 0.29) is 23.3 Å². The number of nitrogens with one attached hydrogen (secondary N) is 1. The van der Waals surface area contributed by atoms with Crippen molar-refractivity contribution in [1.82, 2.24) is 14.9 Å². The first kappa shape index (κ1) is 19.4. The van der Waals surface area contributed by atoms with Gasteiger partial charge in [0.25, 0.3) is 5.56 Å². The standard InChI is InChI=1S/C19H27N3O2S2/c1-4-5-6-8-12(2)20-15(23)11-25-19-21-17-16(18(24)22(19)3)13-9-7-10-14(13)26-17/h12H,4-11H2,1-3H3,(H,20,23)/t12-/m0/s1. The first-order valence-electron chi connectivity index (χ1n) is 9.44. The van der Waals surface area contributed by atoms with Gasteiger partial charge in [-0.2, -0.15) is 0 Å². The van der Waals surface area contributed by atoms with E-state index in [0.29, 0.717) is 5.16 Å². The second-order valence-electron chi connectivity index (χ2n) is 7.05. The summed E-state index contributed by atoms with van der Waals surface area (Å²) in [7, 11) is 1.75. The maximum absolute atomic E-state index is 12.8. The van der Waals surface area contributed by atoms with Crippen molar-refractivity contribution in [3.05, 3.63) is 20.8 Å². The van der Waals surface area contributed by atoms with Crippen LogP contribution in [0.25, 0.3) is 10.2 Å². The lowest BCUT2D eigenvalue weighted by molar-refractivity contribution is -0.119. The SMILES string of the molecule is CCCCC[C@H](C)NC(=O)CSc1nc2sc3c(c2c(=O)n1C)CCC3. The summed E-state index contributed by atoms with van der Waals surface area (Å²) in [4.78, 5) is 31.8. The fourth-order valence-electron chi connectivity index (χ4n) is 3.45. The topological polar surface area (TPSA) is 64.0 Å². The quantitative estimate of drug-likeness (QED) is 0.422. The molecule has 0 spiro atoms. The number of carbonyl (C=O) groups is 1. The Bertz CT molecular complexity index is 857. The van der Waals surface area contributed by atoms with Crippen LogP contribution in [0, 0.1) is 0 Å². The van der Waals surface area contributed by atoms with Crippen LogP contribution in [-0.4, -0.2) is 27.3 Å². The second-order valence-corrected chi connectivity index (χ2v) is 9.08. The Hall–Kier alpha value is -1.34. The highest BCUT2D eigenvalue weighted by Gasteiger charge is 2.22. The third-order valence-electron chi connectivity index (χ3n) is 4.89. The van der Waals surface area contributed by atoms with Crippen LogP contribution in [0.4, 0.5) is 0 Å². The van der Waals surface area contributed by atoms with Gasteiger partial charge >= 0.3 is 0 Å². The molecule has 1 aliphatic rings. The molecule has 0 fully saturated rings. The summed E-state index contributed by atoms with van der Waals surface area (Å²) in [5.41, 5.74) is 1.22. The largest absolute Gasteiger partial charge is 0.353 e. The lowest BCUT2D eigenvalue weighted by atomic mass is 10.1. The number of rotatable bonds is 8. The number of carbonyl (C=O) groups excluding carboxylic acids is 1. The maximum atomic E-state index is 12.8. The number of hydrogen-bond donors (Lipinski definition) is 1. The van der Waals surface area contributed by atoms with E-state index in [1.807, 2.05) is 6.92 Å². The Labute approximate surface area is 162 Å². The lowest BCUT2D eigenvalue weighted by Crippen LogP contribution is -2.34. The number of aromatic nitrogens is 2. The highest BCUT2D eigenvalue weighted by atomic mass is 32.2. The van der Waals surface area contributed by atoms with Gasteiger partial charge in [0, 0.05) is 18.0 Å². The Morgan fingerprint density at radius 1 is 1.38 bits per heavy atom. The van der Waals surface area contributed by atoms with E-state index in [2.05, 4.69) is 17.2 Å². The van der Waals surface area contributed by atoms with Gasteiger partial charge in [-0.1, -0.05) is 37.9 Å². The molecular weight excluding hydrogens is 366 g/mol. The van der Waals surface area contributed by atoms with Gasteiger partial charge in [0.15, 0.2) is 5.16 Å². The minimum absolute atomic E-state index is 0.00187. The molecule has 5 nitrogen and oxygen atoms in total. The first-order valence-corrected chi connectivity index (χ1v) is 11.2. The van der Waals surface area contributed by atoms with Crippen LogP contribution in [0.3, 0.4) is 0 Å². The van der Waals surface area contributed by atoms with Crippen LogP contribution in [0.15, 0.2) is 9.95 Å². The van der Waals surface area contributed by atoms with Crippen LogP contribution < -0.4 is 10.9 Å².